The number of esters is 1. The summed E-state index contributed by atoms with van der Waals surface area (Å²) in [5.41, 5.74) is 0. The van der Waals surface area contributed by atoms with Crippen molar-refractivity contribution in [2.24, 2.45) is 23.7 Å². The number of fused-ring (bicyclic) bond motifs is 1. The minimum absolute atomic E-state index is 0.0357. The zero-order chi connectivity index (χ0) is 13.1. The van der Waals surface area contributed by atoms with Crippen LogP contribution in [0, 0.1) is 23.7 Å². The van der Waals surface area contributed by atoms with Gasteiger partial charge in [0.05, 0.1) is 16.7 Å². The maximum Gasteiger partial charge on any atom is 0.310 e. The molecule has 1 aliphatic heterocycles. The number of thiazole rings is 1. The lowest BCUT2D eigenvalue weighted by molar-refractivity contribution is -0.145. The number of halogens is 1. The quantitative estimate of drug-likeness (QED) is 0.655. The molecule has 2 bridgehead atoms. The third kappa shape index (κ3) is 1.54. The highest BCUT2D eigenvalue weighted by Crippen LogP contribution is 2.60. The molecular weight excluding hydrogens is 332 g/mol. The largest absolute Gasteiger partial charge is 0.461 e. The van der Waals surface area contributed by atoms with Crippen LogP contribution in [-0.4, -0.2) is 27.8 Å². The normalized spacial score (nSPS) is 42.5. The average molecular weight is 343 g/mol. The molecule has 6 atom stereocenters. The summed E-state index contributed by atoms with van der Waals surface area (Å²) in [6.45, 7) is 0. The molecule has 3 aliphatic rings. The molecule has 3 fully saturated rings. The topological polar surface area (TPSA) is 68.3 Å². The van der Waals surface area contributed by atoms with E-state index in [0.29, 0.717) is 5.13 Å². The molecule has 5 nitrogen and oxygen atoms in total. The van der Waals surface area contributed by atoms with Crippen LogP contribution >= 0.6 is 27.3 Å². The molecule has 4 rings (SSSR count). The van der Waals surface area contributed by atoms with Gasteiger partial charge >= 0.3 is 5.97 Å². The molecule has 2 saturated carbocycles. The summed E-state index contributed by atoms with van der Waals surface area (Å²) in [4.78, 5) is 28.5. The maximum atomic E-state index is 12.4. The van der Waals surface area contributed by atoms with Gasteiger partial charge in [-0.25, -0.2) is 4.98 Å². The van der Waals surface area contributed by atoms with Gasteiger partial charge in [0.1, 0.15) is 6.10 Å². The first-order chi connectivity index (χ1) is 9.16. The number of nitrogens with zero attached hydrogens (tertiary/aromatic N) is 1. The molecule has 1 N–H and O–H groups in total. The van der Waals surface area contributed by atoms with Crippen molar-refractivity contribution < 1.29 is 14.3 Å². The number of anilines is 1. The summed E-state index contributed by atoms with van der Waals surface area (Å²) >= 11 is 4.97. The van der Waals surface area contributed by atoms with Crippen LogP contribution in [0.15, 0.2) is 11.6 Å². The van der Waals surface area contributed by atoms with Gasteiger partial charge in [-0.2, -0.15) is 0 Å². The summed E-state index contributed by atoms with van der Waals surface area (Å²) in [6, 6.07) is 0. The minimum Gasteiger partial charge on any atom is -0.461 e. The van der Waals surface area contributed by atoms with Crippen molar-refractivity contribution in [1.29, 1.82) is 0 Å². The second-order valence-electron chi connectivity index (χ2n) is 5.29. The van der Waals surface area contributed by atoms with E-state index in [1.165, 1.54) is 11.3 Å². The first-order valence-corrected chi connectivity index (χ1v) is 8.01. The highest BCUT2D eigenvalue weighted by atomic mass is 79.9. The van der Waals surface area contributed by atoms with Crippen LogP contribution in [-0.2, 0) is 14.3 Å². The van der Waals surface area contributed by atoms with Crippen LogP contribution < -0.4 is 5.32 Å². The van der Waals surface area contributed by atoms with Gasteiger partial charge in [0.2, 0.25) is 5.91 Å². The van der Waals surface area contributed by atoms with E-state index in [-0.39, 0.29) is 46.5 Å². The molecule has 100 valence electrons. The maximum absolute atomic E-state index is 12.4. The molecule has 1 saturated heterocycles. The van der Waals surface area contributed by atoms with Crippen molar-refractivity contribution >= 4 is 44.3 Å². The smallest absolute Gasteiger partial charge is 0.310 e. The molecule has 0 spiro atoms. The van der Waals surface area contributed by atoms with Crippen molar-refractivity contribution in [3.8, 4) is 0 Å². The van der Waals surface area contributed by atoms with E-state index in [4.69, 9.17) is 4.74 Å². The van der Waals surface area contributed by atoms with Crippen molar-refractivity contribution in [2.75, 3.05) is 5.32 Å². The summed E-state index contributed by atoms with van der Waals surface area (Å²) in [5, 5.41) is 5.21. The Hall–Kier alpha value is -0.950. The number of carbonyl (C=O) groups excluding carboxylic acids is 2. The average Bonchev–Trinajstić information content (AvgIpc) is 3.07. The predicted molar refractivity (Wildman–Crippen MR) is 71.9 cm³/mol. The Balaban J connectivity index is 1.61. The Labute approximate surface area is 121 Å². The molecule has 2 aliphatic carbocycles. The molecule has 2 heterocycles. The first kappa shape index (κ1) is 11.8. The number of alkyl halides is 1. The molecule has 0 unspecified atom stereocenters. The molecule has 0 aromatic carbocycles. The fourth-order valence-electron chi connectivity index (χ4n) is 3.80. The second kappa shape index (κ2) is 4.02. The summed E-state index contributed by atoms with van der Waals surface area (Å²) in [5.74, 6) is -0.471. The molecule has 1 aromatic rings. The highest BCUT2D eigenvalue weighted by Gasteiger charge is 2.67. The van der Waals surface area contributed by atoms with Crippen LogP contribution in [0.1, 0.15) is 6.42 Å². The number of hydrogen-bond donors (Lipinski definition) is 1. The molecular formula is C12H11BrN2O3S. The predicted octanol–water partition coefficient (Wildman–Crippen LogP) is 1.65. The molecule has 19 heavy (non-hydrogen) atoms. The van der Waals surface area contributed by atoms with Crippen molar-refractivity contribution in [3.63, 3.8) is 0 Å². The summed E-state index contributed by atoms with van der Waals surface area (Å²) in [7, 11) is 0. The Kier molecular flexibility index (Phi) is 2.51. The number of carbonyl (C=O) groups is 2. The Morgan fingerprint density at radius 2 is 2.37 bits per heavy atom. The fraction of sp³-hybridized carbons (Fsp3) is 0.583. The number of ether oxygens (including phenoxy) is 1. The van der Waals surface area contributed by atoms with Crippen LogP contribution in [0.4, 0.5) is 5.13 Å². The van der Waals surface area contributed by atoms with Crippen LogP contribution in [0.25, 0.3) is 0 Å². The third-order valence-corrected chi connectivity index (χ3v) is 6.38. The zero-order valence-electron chi connectivity index (χ0n) is 9.78. The third-order valence-electron chi connectivity index (χ3n) is 4.49. The molecule has 0 radical (unpaired) electrons. The Morgan fingerprint density at radius 1 is 1.53 bits per heavy atom. The van der Waals surface area contributed by atoms with Gasteiger partial charge < -0.3 is 10.1 Å². The summed E-state index contributed by atoms with van der Waals surface area (Å²) in [6.07, 6.45) is 2.51. The van der Waals surface area contributed by atoms with Gasteiger partial charge in [-0.15, -0.1) is 11.3 Å². The van der Waals surface area contributed by atoms with Gasteiger partial charge in [0, 0.05) is 17.5 Å². The van der Waals surface area contributed by atoms with Crippen LogP contribution in [0.2, 0.25) is 0 Å². The van der Waals surface area contributed by atoms with Gasteiger partial charge in [-0.3, -0.25) is 9.59 Å². The lowest BCUT2D eigenvalue weighted by atomic mass is 9.79. The number of nitrogens with one attached hydrogen (secondary N) is 1. The van der Waals surface area contributed by atoms with Gasteiger partial charge in [-0.1, -0.05) is 15.9 Å². The van der Waals surface area contributed by atoms with Crippen LogP contribution in [0.3, 0.4) is 0 Å². The highest BCUT2D eigenvalue weighted by molar-refractivity contribution is 9.09. The molecule has 7 heteroatoms. The number of hydrogen-bond acceptors (Lipinski definition) is 5. The minimum atomic E-state index is -0.287. The van der Waals surface area contributed by atoms with E-state index in [1.54, 1.807) is 6.20 Å². The Bertz CT molecular complexity index is 549. The van der Waals surface area contributed by atoms with Gasteiger partial charge in [0.15, 0.2) is 5.13 Å². The number of rotatable bonds is 2. The fourth-order valence-corrected chi connectivity index (χ4v) is 5.38. The lowest BCUT2D eigenvalue weighted by Crippen LogP contribution is -2.40. The van der Waals surface area contributed by atoms with Gasteiger partial charge in [-0.05, 0) is 12.3 Å². The SMILES string of the molecule is O=C(Nc1nccs1)[C@H]1[C@@H]2C[C@H]3[C@H](OC(=O)[C@@H]31)[C@@H]2Br. The lowest BCUT2D eigenvalue weighted by Gasteiger charge is -2.27. The van der Waals surface area contributed by atoms with Crippen molar-refractivity contribution in [1.82, 2.24) is 4.98 Å². The van der Waals surface area contributed by atoms with E-state index in [0.717, 1.165) is 6.42 Å². The van der Waals surface area contributed by atoms with Gasteiger partial charge in [0.25, 0.3) is 0 Å². The first-order valence-electron chi connectivity index (χ1n) is 6.22. The standard InChI is InChI=1S/C12H11BrN2O3S/c13-8-4-3-5-7(11(17)18-9(5)8)6(4)10(16)15-12-14-1-2-19-12/h1-2,4-9H,3H2,(H,14,15,16)/t4-,5+,6-,7-,8+,9-/m0/s1. The van der Waals surface area contributed by atoms with E-state index in [1.807, 2.05) is 5.38 Å². The van der Waals surface area contributed by atoms with E-state index >= 15 is 0 Å². The van der Waals surface area contributed by atoms with E-state index in [2.05, 4.69) is 26.2 Å². The van der Waals surface area contributed by atoms with E-state index < -0.39 is 0 Å². The number of amides is 1. The molecule has 1 aromatic heterocycles. The van der Waals surface area contributed by atoms with Crippen molar-refractivity contribution in [3.05, 3.63) is 11.6 Å². The monoisotopic (exact) mass is 342 g/mol. The molecule has 1 amide bonds. The van der Waals surface area contributed by atoms with Crippen molar-refractivity contribution in [2.45, 2.75) is 17.4 Å². The second-order valence-corrected chi connectivity index (χ2v) is 7.24. The summed E-state index contributed by atoms with van der Waals surface area (Å²) < 4.78 is 5.39. The van der Waals surface area contributed by atoms with E-state index in [9.17, 15) is 9.59 Å². The Morgan fingerprint density at radius 3 is 3.11 bits per heavy atom. The van der Waals surface area contributed by atoms with Crippen LogP contribution in [0.5, 0.6) is 0 Å². The zero-order valence-corrected chi connectivity index (χ0v) is 12.2. The number of aromatic nitrogens is 1.